The number of aromatic nitrogens is 1. The molecule has 3 rings (SSSR count). The summed E-state index contributed by atoms with van der Waals surface area (Å²) < 4.78 is 10.5. The van der Waals surface area contributed by atoms with E-state index in [0.717, 1.165) is 16.1 Å². The molecule has 0 unspecified atom stereocenters. The molecule has 3 aromatic rings. The summed E-state index contributed by atoms with van der Waals surface area (Å²) in [5.74, 6) is -0.569. The van der Waals surface area contributed by atoms with Crippen molar-refractivity contribution >= 4 is 28.9 Å². The Balaban J connectivity index is 1.64. The zero-order chi connectivity index (χ0) is 20.1. The van der Waals surface area contributed by atoms with E-state index in [9.17, 15) is 9.59 Å². The molecule has 0 fully saturated rings. The van der Waals surface area contributed by atoms with Gasteiger partial charge in [0, 0.05) is 10.9 Å². The van der Waals surface area contributed by atoms with Gasteiger partial charge in [0.05, 0.1) is 12.8 Å². The average Bonchev–Trinajstić information content (AvgIpc) is 3.19. The Hall–Kier alpha value is -3.19. The number of rotatable bonds is 6. The minimum Gasteiger partial charge on any atom is -0.495 e. The van der Waals surface area contributed by atoms with E-state index < -0.39 is 18.0 Å². The lowest BCUT2D eigenvalue weighted by molar-refractivity contribution is -0.123. The number of thiazole rings is 1. The monoisotopic (exact) mass is 396 g/mol. The lowest BCUT2D eigenvalue weighted by Crippen LogP contribution is -2.30. The predicted molar refractivity (Wildman–Crippen MR) is 109 cm³/mol. The first kappa shape index (κ1) is 19.6. The number of anilines is 1. The maximum absolute atomic E-state index is 12.4. The van der Waals surface area contributed by atoms with Gasteiger partial charge in [-0.05, 0) is 26.0 Å². The van der Waals surface area contributed by atoms with Crippen LogP contribution in [0.3, 0.4) is 0 Å². The summed E-state index contributed by atoms with van der Waals surface area (Å²) in [6, 6.07) is 14.9. The van der Waals surface area contributed by atoms with E-state index in [0.29, 0.717) is 11.4 Å². The lowest BCUT2D eigenvalue weighted by atomic mass is 10.2. The van der Waals surface area contributed by atoms with Gasteiger partial charge in [-0.25, -0.2) is 9.78 Å². The van der Waals surface area contributed by atoms with Gasteiger partial charge in [-0.3, -0.25) is 4.79 Å². The van der Waals surface area contributed by atoms with Crippen LogP contribution in [0.2, 0.25) is 0 Å². The number of carbonyl (C=O) groups excluding carboxylic acids is 2. The highest BCUT2D eigenvalue weighted by Gasteiger charge is 2.22. The molecule has 2 aromatic carbocycles. The molecule has 1 amide bonds. The van der Waals surface area contributed by atoms with E-state index in [1.165, 1.54) is 25.4 Å². The van der Waals surface area contributed by atoms with Crippen molar-refractivity contribution in [3.05, 3.63) is 65.2 Å². The standard InChI is InChI=1S/C21H20N2O4S/c1-13-8-10-15(11-9-13)20-23-17(12-28-20)21(25)27-14(2)19(24)22-16-6-4-5-7-18(16)26-3/h4-12,14H,1-3H3,(H,22,24)/t14-/m0/s1. The number of nitrogens with zero attached hydrogens (tertiary/aromatic N) is 1. The fourth-order valence-corrected chi connectivity index (χ4v) is 3.25. The zero-order valence-electron chi connectivity index (χ0n) is 15.8. The summed E-state index contributed by atoms with van der Waals surface area (Å²) in [5, 5.41) is 5.04. The Morgan fingerprint density at radius 1 is 1.11 bits per heavy atom. The van der Waals surface area contributed by atoms with Gasteiger partial charge >= 0.3 is 5.97 Å². The number of esters is 1. The van der Waals surface area contributed by atoms with Gasteiger partial charge in [-0.15, -0.1) is 11.3 Å². The number of hydrogen-bond donors (Lipinski definition) is 1. The van der Waals surface area contributed by atoms with Gasteiger partial charge in [-0.1, -0.05) is 42.0 Å². The number of para-hydroxylation sites is 2. The maximum atomic E-state index is 12.4. The Kier molecular flexibility index (Phi) is 6.06. The first-order valence-electron chi connectivity index (χ1n) is 8.65. The molecule has 1 N–H and O–H groups in total. The number of ether oxygens (including phenoxy) is 2. The van der Waals surface area contributed by atoms with Crippen molar-refractivity contribution in [2.75, 3.05) is 12.4 Å². The number of hydrogen-bond acceptors (Lipinski definition) is 6. The van der Waals surface area contributed by atoms with E-state index in [4.69, 9.17) is 9.47 Å². The number of aryl methyl sites for hydroxylation is 1. The van der Waals surface area contributed by atoms with Crippen molar-refractivity contribution in [2.45, 2.75) is 20.0 Å². The molecule has 144 valence electrons. The van der Waals surface area contributed by atoms with Crippen LogP contribution in [0.25, 0.3) is 10.6 Å². The molecule has 0 aliphatic carbocycles. The van der Waals surface area contributed by atoms with Gasteiger partial charge in [-0.2, -0.15) is 0 Å². The molecule has 0 bridgehead atoms. The largest absolute Gasteiger partial charge is 0.495 e. The van der Waals surface area contributed by atoms with Crippen LogP contribution in [0.15, 0.2) is 53.9 Å². The van der Waals surface area contributed by atoms with Crippen LogP contribution >= 0.6 is 11.3 Å². The highest BCUT2D eigenvalue weighted by atomic mass is 32.1. The van der Waals surface area contributed by atoms with Crippen LogP contribution in [-0.2, 0) is 9.53 Å². The van der Waals surface area contributed by atoms with E-state index >= 15 is 0 Å². The van der Waals surface area contributed by atoms with Crippen molar-refractivity contribution < 1.29 is 19.1 Å². The van der Waals surface area contributed by atoms with Gasteiger partial charge in [0.15, 0.2) is 11.8 Å². The summed E-state index contributed by atoms with van der Waals surface area (Å²) in [6.45, 7) is 3.52. The Morgan fingerprint density at radius 3 is 2.54 bits per heavy atom. The Bertz CT molecular complexity index is 982. The van der Waals surface area contributed by atoms with Gasteiger partial charge in [0.1, 0.15) is 10.8 Å². The molecule has 1 atom stereocenters. The minimum absolute atomic E-state index is 0.178. The average molecular weight is 396 g/mol. The van der Waals surface area contributed by atoms with Crippen molar-refractivity contribution in [1.82, 2.24) is 4.98 Å². The fraction of sp³-hybridized carbons (Fsp3) is 0.190. The van der Waals surface area contributed by atoms with Gasteiger partial charge in [0.25, 0.3) is 5.91 Å². The third kappa shape index (κ3) is 4.55. The quantitative estimate of drug-likeness (QED) is 0.628. The minimum atomic E-state index is -0.984. The van der Waals surface area contributed by atoms with E-state index in [1.807, 2.05) is 31.2 Å². The van der Waals surface area contributed by atoms with Crippen LogP contribution < -0.4 is 10.1 Å². The van der Waals surface area contributed by atoms with Crippen LogP contribution in [0.1, 0.15) is 23.0 Å². The first-order valence-corrected chi connectivity index (χ1v) is 9.53. The Morgan fingerprint density at radius 2 is 1.82 bits per heavy atom. The highest BCUT2D eigenvalue weighted by Crippen LogP contribution is 2.25. The number of benzene rings is 2. The van der Waals surface area contributed by atoms with Crippen molar-refractivity contribution in [3.63, 3.8) is 0 Å². The molecular weight excluding hydrogens is 376 g/mol. The van der Waals surface area contributed by atoms with Crippen LogP contribution in [-0.4, -0.2) is 30.1 Å². The van der Waals surface area contributed by atoms with E-state index in [1.54, 1.807) is 29.6 Å². The molecule has 0 aliphatic heterocycles. The number of methoxy groups -OCH3 is 1. The third-order valence-corrected chi connectivity index (χ3v) is 4.92. The van der Waals surface area contributed by atoms with Gasteiger partial charge < -0.3 is 14.8 Å². The van der Waals surface area contributed by atoms with Crippen molar-refractivity contribution in [2.24, 2.45) is 0 Å². The smallest absolute Gasteiger partial charge is 0.358 e. The molecule has 1 aromatic heterocycles. The molecule has 28 heavy (non-hydrogen) atoms. The Labute approximate surface area is 167 Å². The second kappa shape index (κ2) is 8.67. The second-order valence-corrected chi connectivity index (χ2v) is 7.00. The van der Waals surface area contributed by atoms with Crippen molar-refractivity contribution in [1.29, 1.82) is 0 Å². The van der Waals surface area contributed by atoms with E-state index in [2.05, 4.69) is 10.3 Å². The maximum Gasteiger partial charge on any atom is 0.358 e. The molecule has 0 saturated heterocycles. The first-order chi connectivity index (χ1) is 13.5. The topological polar surface area (TPSA) is 77.5 Å². The van der Waals surface area contributed by atoms with Crippen LogP contribution in [0, 0.1) is 6.92 Å². The lowest BCUT2D eigenvalue weighted by Gasteiger charge is -2.14. The molecule has 7 heteroatoms. The molecular formula is C21H20N2O4S. The molecule has 0 radical (unpaired) electrons. The zero-order valence-corrected chi connectivity index (χ0v) is 16.6. The van der Waals surface area contributed by atoms with E-state index in [-0.39, 0.29) is 5.69 Å². The normalized spacial score (nSPS) is 11.5. The summed E-state index contributed by atoms with van der Waals surface area (Å²) in [4.78, 5) is 29.0. The summed E-state index contributed by atoms with van der Waals surface area (Å²) in [7, 11) is 1.52. The molecule has 1 heterocycles. The number of carbonyl (C=O) groups is 2. The second-order valence-electron chi connectivity index (χ2n) is 6.14. The summed E-state index contributed by atoms with van der Waals surface area (Å²) in [6.07, 6.45) is -0.984. The van der Waals surface area contributed by atoms with Crippen molar-refractivity contribution in [3.8, 4) is 16.3 Å². The molecule has 6 nitrogen and oxygen atoms in total. The fourth-order valence-electron chi connectivity index (χ4n) is 2.45. The van der Waals surface area contributed by atoms with Crippen LogP contribution in [0.4, 0.5) is 5.69 Å². The summed E-state index contributed by atoms with van der Waals surface area (Å²) in [5.41, 5.74) is 2.76. The third-order valence-electron chi connectivity index (χ3n) is 4.03. The molecule has 0 spiro atoms. The van der Waals surface area contributed by atoms with Gasteiger partial charge in [0.2, 0.25) is 0 Å². The molecule has 0 saturated carbocycles. The highest BCUT2D eigenvalue weighted by molar-refractivity contribution is 7.13. The molecule has 0 aliphatic rings. The summed E-state index contributed by atoms with van der Waals surface area (Å²) >= 11 is 1.35. The number of nitrogens with one attached hydrogen (secondary N) is 1. The SMILES string of the molecule is COc1ccccc1NC(=O)[C@H](C)OC(=O)c1csc(-c2ccc(C)cc2)n1. The van der Waals surface area contributed by atoms with Crippen LogP contribution in [0.5, 0.6) is 5.75 Å². The number of amides is 1. The predicted octanol–water partition coefficient (Wildman–Crippen LogP) is 4.31.